The van der Waals surface area contributed by atoms with Gasteiger partial charge in [-0.05, 0) is 69.1 Å². The van der Waals surface area contributed by atoms with Gasteiger partial charge in [0.1, 0.15) is 0 Å². The SMILES string of the molecule is C/C=C/CCC1CCC(CC(F)(F)OCC2CCC(CCCC)CC2)CC1. The first-order valence-corrected chi connectivity index (χ1v) is 11.6. The minimum Gasteiger partial charge on any atom is -0.320 e. The number of rotatable bonds is 11. The molecule has 158 valence electrons. The summed E-state index contributed by atoms with van der Waals surface area (Å²) in [5, 5.41) is 0. The highest BCUT2D eigenvalue weighted by Gasteiger charge is 2.36. The van der Waals surface area contributed by atoms with Crippen LogP contribution in [0, 0.1) is 23.7 Å². The number of hydrogen-bond acceptors (Lipinski definition) is 1. The fourth-order valence-corrected chi connectivity index (χ4v) is 5.04. The Morgan fingerprint density at radius 1 is 0.852 bits per heavy atom. The Bertz CT molecular complexity index is 405. The van der Waals surface area contributed by atoms with Crippen LogP contribution in [0.15, 0.2) is 12.2 Å². The van der Waals surface area contributed by atoms with Crippen molar-refractivity contribution >= 4 is 0 Å². The molecular formula is C24H42F2O. The van der Waals surface area contributed by atoms with Crippen molar-refractivity contribution in [3.05, 3.63) is 12.2 Å². The molecular weight excluding hydrogens is 342 g/mol. The Morgan fingerprint density at radius 2 is 1.41 bits per heavy atom. The monoisotopic (exact) mass is 384 g/mol. The Balaban J connectivity index is 1.60. The first-order chi connectivity index (χ1) is 13.0. The van der Waals surface area contributed by atoms with Crippen LogP contribution in [0.4, 0.5) is 8.78 Å². The van der Waals surface area contributed by atoms with E-state index >= 15 is 0 Å². The van der Waals surface area contributed by atoms with Crippen LogP contribution in [0.25, 0.3) is 0 Å². The molecule has 27 heavy (non-hydrogen) atoms. The average molecular weight is 385 g/mol. The molecule has 0 heterocycles. The van der Waals surface area contributed by atoms with Crippen molar-refractivity contribution in [3.8, 4) is 0 Å². The molecule has 2 aliphatic carbocycles. The molecule has 0 radical (unpaired) electrons. The molecule has 2 aliphatic rings. The summed E-state index contributed by atoms with van der Waals surface area (Å²) >= 11 is 0. The molecule has 0 saturated heterocycles. The van der Waals surface area contributed by atoms with E-state index in [-0.39, 0.29) is 18.9 Å². The second-order valence-electron chi connectivity index (χ2n) is 9.21. The lowest BCUT2D eigenvalue weighted by atomic mass is 9.78. The van der Waals surface area contributed by atoms with E-state index in [0.29, 0.717) is 5.92 Å². The number of unbranched alkanes of at least 4 members (excludes halogenated alkanes) is 1. The summed E-state index contributed by atoms with van der Waals surface area (Å²) in [6.07, 6.45) is 16.2. The van der Waals surface area contributed by atoms with Gasteiger partial charge < -0.3 is 4.74 Å². The summed E-state index contributed by atoms with van der Waals surface area (Å²) in [5.41, 5.74) is 0. The van der Waals surface area contributed by atoms with Gasteiger partial charge in [0.25, 0.3) is 0 Å². The maximum absolute atomic E-state index is 14.3. The third-order valence-electron chi connectivity index (χ3n) is 6.93. The number of halogens is 2. The number of alkyl halides is 2. The number of allylic oxidation sites excluding steroid dienone is 2. The predicted molar refractivity (Wildman–Crippen MR) is 110 cm³/mol. The molecule has 0 aromatic rings. The van der Waals surface area contributed by atoms with E-state index in [4.69, 9.17) is 4.74 Å². The molecule has 0 aliphatic heterocycles. The first kappa shape index (κ1) is 22.8. The molecule has 0 aromatic heterocycles. The minimum absolute atomic E-state index is 0.0690. The summed E-state index contributed by atoms with van der Waals surface area (Å²) in [6.45, 7) is 4.54. The van der Waals surface area contributed by atoms with Gasteiger partial charge >= 0.3 is 6.11 Å². The van der Waals surface area contributed by atoms with Crippen LogP contribution in [0.3, 0.4) is 0 Å². The summed E-state index contributed by atoms with van der Waals surface area (Å²) < 4.78 is 33.8. The molecule has 2 rings (SSSR count). The highest BCUT2D eigenvalue weighted by atomic mass is 19.3. The van der Waals surface area contributed by atoms with Gasteiger partial charge in [-0.3, -0.25) is 0 Å². The third-order valence-corrected chi connectivity index (χ3v) is 6.93. The summed E-state index contributed by atoms with van der Waals surface area (Å²) in [4.78, 5) is 0. The summed E-state index contributed by atoms with van der Waals surface area (Å²) in [6, 6.07) is 0. The minimum atomic E-state index is -2.93. The van der Waals surface area contributed by atoms with Crippen molar-refractivity contribution in [1.82, 2.24) is 0 Å². The number of hydrogen-bond donors (Lipinski definition) is 0. The molecule has 2 fully saturated rings. The first-order valence-electron chi connectivity index (χ1n) is 11.6. The molecule has 0 atom stereocenters. The zero-order chi connectivity index (χ0) is 19.5. The molecule has 0 aromatic carbocycles. The van der Waals surface area contributed by atoms with Gasteiger partial charge in [0.05, 0.1) is 6.61 Å². The van der Waals surface area contributed by atoms with E-state index in [0.717, 1.165) is 56.8 Å². The second-order valence-corrected chi connectivity index (χ2v) is 9.21. The van der Waals surface area contributed by atoms with Crippen molar-refractivity contribution in [2.75, 3.05) is 6.61 Å². The van der Waals surface area contributed by atoms with Crippen molar-refractivity contribution < 1.29 is 13.5 Å². The van der Waals surface area contributed by atoms with Crippen LogP contribution in [0.1, 0.15) is 104 Å². The van der Waals surface area contributed by atoms with E-state index in [9.17, 15) is 8.78 Å². The Morgan fingerprint density at radius 3 is 2.00 bits per heavy atom. The number of ether oxygens (including phenoxy) is 1. The molecule has 2 saturated carbocycles. The molecule has 3 heteroatoms. The Labute approximate surface area is 166 Å². The summed E-state index contributed by atoms with van der Waals surface area (Å²) in [7, 11) is 0. The smallest absolute Gasteiger partial charge is 0.320 e. The largest absolute Gasteiger partial charge is 0.356 e. The van der Waals surface area contributed by atoms with Gasteiger partial charge in [0.15, 0.2) is 0 Å². The predicted octanol–water partition coefficient (Wildman–Crippen LogP) is 8.15. The van der Waals surface area contributed by atoms with Crippen LogP contribution < -0.4 is 0 Å². The van der Waals surface area contributed by atoms with E-state index < -0.39 is 6.11 Å². The van der Waals surface area contributed by atoms with Crippen LogP contribution in [-0.2, 0) is 4.74 Å². The van der Waals surface area contributed by atoms with E-state index in [2.05, 4.69) is 26.0 Å². The zero-order valence-corrected chi connectivity index (χ0v) is 17.7. The third kappa shape index (κ3) is 9.07. The van der Waals surface area contributed by atoms with Gasteiger partial charge in [-0.15, -0.1) is 0 Å². The lowest BCUT2D eigenvalue weighted by Crippen LogP contribution is -2.30. The van der Waals surface area contributed by atoms with Crippen LogP contribution in [0.2, 0.25) is 0 Å². The lowest BCUT2D eigenvalue weighted by Gasteiger charge is -2.32. The lowest BCUT2D eigenvalue weighted by molar-refractivity contribution is -0.256. The van der Waals surface area contributed by atoms with Gasteiger partial charge in [0, 0.05) is 6.42 Å². The molecule has 0 amide bonds. The molecule has 0 N–H and O–H groups in total. The molecule has 1 nitrogen and oxygen atoms in total. The van der Waals surface area contributed by atoms with Crippen molar-refractivity contribution in [2.45, 2.75) is 110 Å². The van der Waals surface area contributed by atoms with Gasteiger partial charge in [-0.25, -0.2) is 0 Å². The maximum Gasteiger partial charge on any atom is 0.356 e. The molecule has 0 spiro atoms. The average Bonchev–Trinajstić information content (AvgIpc) is 2.67. The van der Waals surface area contributed by atoms with Gasteiger partial charge in [0.2, 0.25) is 0 Å². The Kier molecular flexibility index (Phi) is 10.3. The highest BCUT2D eigenvalue weighted by Crippen LogP contribution is 2.39. The fraction of sp³-hybridized carbons (Fsp3) is 0.917. The topological polar surface area (TPSA) is 9.23 Å². The van der Waals surface area contributed by atoms with E-state index in [1.54, 1.807) is 0 Å². The van der Waals surface area contributed by atoms with Crippen molar-refractivity contribution in [3.63, 3.8) is 0 Å². The van der Waals surface area contributed by atoms with Crippen LogP contribution in [-0.4, -0.2) is 12.7 Å². The zero-order valence-electron chi connectivity index (χ0n) is 17.7. The van der Waals surface area contributed by atoms with E-state index in [1.165, 1.54) is 38.5 Å². The molecule has 0 bridgehead atoms. The van der Waals surface area contributed by atoms with Crippen molar-refractivity contribution in [1.29, 1.82) is 0 Å². The maximum atomic E-state index is 14.3. The van der Waals surface area contributed by atoms with Crippen molar-refractivity contribution in [2.24, 2.45) is 23.7 Å². The standard InChI is InChI=1S/C24H42F2O/c1-3-5-7-9-21-10-14-22(15-11-21)18-24(25,26)27-19-23-16-12-20(13-17-23)8-6-4-2/h3,5,20-23H,4,6-19H2,1-2H3/b5-3+. The van der Waals surface area contributed by atoms with E-state index in [1.807, 2.05) is 0 Å². The normalized spacial score (nSPS) is 30.1. The van der Waals surface area contributed by atoms with Gasteiger partial charge in [-0.1, -0.05) is 64.0 Å². The fourth-order valence-electron chi connectivity index (χ4n) is 5.04. The molecule has 0 unspecified atom stereocenters. The quantitative estimate of drug-likeness (QED) is 0.327. The summed E-state index contributed by atoms with van der Waals surface area (Å²) in [5.74, 6) is 2.04. The van der Waals surface area contributed by atoms with Gasteiger partial charge in [-0.2, -0.15) is 8.78 Å². The second kappa shape index (κ2) is 12.2. The van der Waals surface area contributed by atoms with Crippen LogP contribution >= 0.6 is 0 Å². The Hall–Kier alpha value is -0.440. The van der Waals surface area contributed by atoms with Crippen LogP contribution in [0.5, 0.6) is 0 Å². The highest BCUT2D eigenvalue weighted by molar-refractivity contribution is 4.81.